The zero-order chi connectivity index (χ0) is 16.8. The van der Waals surface area contributed by atoms with E-state index in [1.54, 1.807) is 11.3 Å². The van der Waals surface area contributed by atoms with Crippen molar-refractivity contribution in [2.24, 2.45) is 5.92 Å². The van der Waals surface area contributed by atoms with E-state index >= 15 is 0 Å². The van der Waals surface area contributed by atoms with Crippen molar-refractivity contribution >= 4 is 17.4 Å². The molecule has 3 N–H and O–H groups in total. The van der Waals surface area contributed by atoms with E-state index in [1.807, 2.05) is 13.8 Å². The Kier molecular flexibility index (Phi) is 7.29. The number of nitrogens with zero attached hydrogens (tertiary/aromatic N) is 1. The lowest BCUT2D eigenvalue weighted by Crippen LogP contribution is -2.45. The lowest BCUT2D eigenvalue weighted by molar-refractivity contribution is 0.219. The van der Waals surface area contributed by atoms with Gasteiger partial charge in [0.15, 0.2) is 0 Å². The number of amides is 2. The van der Waals surface area contributed by atoms with Gasteiger partial charge in [-0.25, -0.2) is 9.78 Å². The van der Waals surface area contributed by atoms with Gasteiger partial charge in [-0.2, -0.15) is 0 Å². The summed E-state index contributed by atoms with van der Waals surface area (Å²) in [6, 6.07) is -0.185. The van der Waals surface area contributed by atoms with Crippen LogP contribution in [0, 0.1) is 5.92 Å². The molecule has 1 atom stereocenters. The number of aliphatic hydroxyl groups excluding tert-OH is 1. The van der Waals surface area contributed by atoms with Crippen LogP contribution < -0.4 is 10.6 Å². The molecule has 22 heavy (non-hydrogen) atoms. The van der Waals surface area contributed by atoms with Gasteiger partial charge in [0, 0.05) is 36.4 Å². The number of aromatic nitrogens is 1. The van der Waals surface area contributed by atoms with Gasteiger partial charge in [0.2, 0.25) is 0 Å². The Bertz CT molecular complexity index is 466. The van der Waals surface area contributed by atoms with Crippen LogP contribution in [0.3, 0.4) is 0 Å². The Hall–Kier alpha value is -1.14. The van der Waals surface area contributed by atoms with Gasteiger partial charge in [0.25, 0.3) is 0 Å². The molecular weight excluding hydrogens is 298 g/mol. The zero-order valence-electron chi connectivity index (χ0n) is 14.3. The molecule has 0 radical (unpaired) electrons. The minimum absolute atomic E-state index is 0.00299. The fourth-order valence-corrected chi connectivity index (χ4v) is 2.94. The summed E-state index contributed by atoms with van der Waals surface area (Å²) in [5.41, 5.74) is 1.09. The van der Waals surface area contributed by atoms with Gasteiger partial charge in [-0.05, 0) is 12.3 Å². The first-order valence-electron chi connectivity index (χ1n) is 7.84. The van der Waals surface area contributed by atoms with Gasteiger partial charge in [-0.1, -0.05) is 34.6 Å². The predicted octanol–water partition coefficient (Wildman–Crippen LogP) is 2.69. The van der Waals surface area contributed by atoms with Crippen LogP contribution in [0.2, 0.25) is 0 Å². The van der Waals surface area contributed by atoms with Crippen LogP contribution in [0.25, 0.3) is 0 Å². The van der Waals surface area contributed by atoms with Crippen LogP contribution in [0.15, 0.2) is 5.38 Å². The molecule has 0 bridgehead atoms. The molecule has 6 heteroatoms. The second kappa shape index (κ2) is 8.48. The van der Waals surface area contributed by atoms with E-state index in [4.69, 9.17) is 5.11 Å². The molecule has 2 amide bonds. The fraction of sp³-hybridized carbons (Fsp3) is 0.750. The summed E-state index contributed by atoms with van der Waals surface area (Å²) in [6.07, 6.45) is 1.30. The van der Waals surface area contributed by atoms with Gasteiger partial charge in [-0.3, -0.25) is 0 Å². The van der Waals surface area contributed by atoms with Gasteiger partial charge in [0.1, 0.15) is 0 Å². The highest BCUT2D eigenvalue weighted by molar-refractivity contribution is 7.09. The average Bonchev–Trinajstić information content (AvgIpc) is 2.87. The molecule has 1 aromatic rings. The van der Waals surface area contributed by atoms with Crippen molar-refractivity contribution in [3.05, 3.63) is 16.1 Å². The summed E-state index contributed by atoms with van der Waals surface area (Å²) >= 11 is 1.67. The highest BCUT2D eigenvalue weighted by Gasteiger charge is 2.18. The molecule has 1 aromatic heterocycles. The van der Waals surface area contributed by atoms with Crippen LogP contribution in [-0.4, -0.2) is 35.3 Å². The maximum atomic E-state index is 11.9. The number of hydrogen-bond donors (Lipinski definition) is 3. The molecule has 1 heterocycles. The Morgan fingerprint density at radius 2 is 2.09 bits per heavy atom. The van der Waals surface area contributed by atoms with E-state index in [0.29, 0.717) is 18.9 Å². The Morgan fingerprint density at radius 1 is 1.41 bits per heavy atom. The molecule has 5 nitrogen and oxygen atoms in total. The van der Waals surface area contributed by atoms with E-state index in [1.165, 1.54) is 0 Å². The maximum Gasteiger partial charge on any atom is 0.315 e. The van der Waals surface area contributed by atoms with Crippen molar-refractivity contribution in [3.8, 4) is 0 Å². The normalized spacial score (nSPS) is 13.2. The molecule has 0 aromatic carbocycles. The predicted molar refractivity (Wildman–Crippen MR) is 91.4 cm³/mol. The monoisotopic (exact) mass is 327 g/mol. The van der Waals surface area contributed by atoms with Crippen molar-refractivity contribution in [2.75, 3.05) is 13.2 Å². The van der Waals surface area contributed by atoms with Gasteiger partial charge >= 0.3 is 6.03 Å². The largest absolute Gasteiger partial charge is 0.396 e. The summed E-state index contributed by atoms with van der Waals surface area (Å²) in [7, 11) is 0. The molecule has 0 saturated heterocycles. The number of aliphatic hydroxyl groups is 1. The molecule has 1 unspecified atom stereocenters. The van der Waals surface area contributed by atoms with Crippen LogP contribution in [-0.2, 0) is 11.8 Å². The molecule has 0 fully saturated rings. The molecule has 0 aliphatic rings. The standard InChI is InChI=1S/C16H29N3O2S/c1-11(2)13(7-9-20)19-15(21)17-8-6-12-10-22-14(18-12)16(3,4)5/h10-11,13,20H,6-9H2,1-5H3,(H2,17,19,21). The summed E-state index contributed by atoms with van der Waals surface area (Å²) < 4.78 is 0. The molecule has 1 rings (SSSR count). The number of rotatable bonds is 7. The number of thiazole rings is 1. The smallest absolute Gasteiger partial charge is 0.315 e. The van der Waals surface area contributed by atoms with Crippen LogP contribution in [0.1, 0.15) is 51.7 Å². The first-order valence-corrected chi connectivity index (χ1v) is 8.72. The van der Waals surface area contributed by atoms with Crippen molar-refractivity contribution in [1.82, 2.24) is 15.6 Å². The number of urea groups is 1. The zero-order valence-corrected chi connectivity index (χ0v) is 15.1. The SMILES string of the molecule is CC(C)C(CCO)NC(=O)NCCc1csc(C(C)(C)C)n1. The summed E-state index contributed by atoms with van der Waals surface area (Å²) in [6.45, 7) is 11.1. The van der Waals surface area contributed by atoms with E-state index in [0.717, 1.165) is 17.1 Å². The first-order chi connectivity index (χ1) is 10.2. The average molecular weight is 327 g/mol. The number of nitrogens with one attached hydrogen (secondary N) is 2. The minimum Gasteiger partial charge on any atom is -0.396 e. The summed E-state index contributed by atoms with van der Waals surface area (Å²) in [5, 5.41) is 18.0. The van der Waals surface area contributed by atoms with Crippen molar-refractivity contribution in [2.45, 2.75) is 58.9 Å². The molecule has 0 saturated carbocycles. The minimum atomic E-state index is -0.182. The number of carbonyl (C=O) groups is 1. The van der Waals surface area contributed by atoms with Gasteiger partial charge in [-0.15, -0.1) is 11.3 Å². The van der Waals surface area contributed by atoms with Crippen molar-refractivity contribution in [3.63, 3.8) is 0 Å². The van der Waals surface area contributed by atoms with E-state index < -0.39 is 0 Å². The molecule has 126 valence electrons. The third-order valence-corrected chi connectivity index (χ3v) is 4.74. The molecular formula is C16H29N3O2S. The van der Waals surface area contributed by atoms with Crippen LogP contribution in [0.4, 0.5) is 4.79 Å². The van der Waals surface area contributed by atoms with Gasteiger partial charge < -0.3 is 15.7 Å². The fourth-order valence-electron chi connectivity index (χ4n) is 2.00. The van der Waals surface area contributed by atoms with E-state index in [2.05, 4.69) is 41.8 Å². The van der Waals surface area contributed by atoms with E-state index in [9.17, 15) is 4.79 Å². The molecule has 0 spiro atoms. The number of hydrogen-bond acceptors (Lipinski definition) is 4. The lowest BCUT2D eigenvalue weighted by Gasteiger charge is -2.21. The number of carbonyl (C=O) groups excluding carboxylic acids is 1. The third kappa shape index (κ3) is 6.32. The second-order valence-electron chi connectivity index (χ2n) is 6.91. The molecule has 0 aliphatic heterocycles. The second-order valence-corrected chi connectivity index (χ2v) is 7.77. The van der Waals surface area contributed by atoms with Crippen LogP contribution in [0.5, 0.6) is 0 Å². The quantitative estimate of drug-likeness (QED) is 0.721. The van der Waals surface area contributed by atoms with Crippen molar-refractivity contribution < 1.29 is 9.90 Å². The lowest BCUT2D eigenvalue weighted by atomic mass is 9.98. The van der Waals surface area contributed by atoms with Crippen molar-refractivity contribution in [1.29, 1.82) is 0 Å². The highest BCUT2D eigenvalue weighted by Crippen LogP contribution is 2.25. The molecule has 0 aliphatic carbocycles. The van der Waals surface area contributed by atoms with Crippen LogP contribution >= 0.6 is 11.3 Å². The maximum absolute atomic E-state index is 11.9. The topological polar surface area (TPSA) is 74.2 Å². The van der Waals surface area contributed by atoms with E-state index in [-0.39, 0.29) is 24.1 Å². The Labute approximate surface area is 137 Å². The summed E-state index contributed by atoms with van der Waals surface area (Å²) in [5.74, 6) is 0.297. The Balaban J connectivity index is 2.37. The Morgan fingerprint density at radius 3 is 2.59 bits per heavy atom. The third-order valence-electron chi connectivity index (χ3n) is 3.42. The van der Waals surface area contributed by atoms with Gasteiger partial charge in [0.05, 0.1) is 10.7 Å². The highest BCUT2D eigenvalue weighted by atomic mass is 32.1. The summed E-state index contributed by atoms with van der Waals surface area (Å²) in [4.78, 5) is 16.5. The first kappa shape index (κ1) is 18.9.